The molecule has 0 radical (unpaired) electrons. The van der Waals surface area contributed by atoms with E-state index < -0.39 is 5.97 Å². The van der Waals surface area contributed by atoms with Gasteiger partial charge in [0.05, 0.1) is 13.5 Å². The summed E-state index contributed by atoms with van der Waals surface area (Å²) in [4.78, 5) is 21.5. The molecular formula is C7H9N3O3. The first kappa shape index (κ1) is 9.37. The smallest absolute Gasteiger partial charge is 0.354 e. The summed E-state index contributed by atoms with van der Waals surface area (Å²) in [5, 5.41) is 9.59. The van der Waals surface area contributed by atoms with Crippen LogP contribution in [0.1, 0.15) is 13.3 Å². The van der Waals surface area contributed by atoms with Crippen molar-refractivity contribution in [3.8, 4) is 0 Å². The van der Waals surface area contributed by atoms with Crippen LogP contribution in [0.3, 0.4) is 0 Å². The molecule has 13 heavy (non-hydrogen) atoms. The number of hydrogen-bond donors (Lipinski definition) is 1. The lowest BCUT2D eigenvalue weighted by molar-refractivity contribution is -0.132. The molecule has 0 aromatic heterocycles. The number of rotatable bonds is 1. The number of esters is 1. The lowest BCUT2D eigenvalue weighted by Crippen LogP contribution is -2.29. The Balaban J connectivity index is 2.49. The van der Waals surface area contributed by atoms with E-state index in [-0.39, 0.29) is 18.0 Å². The molecule has 0 aromatic rings. The van der Waals surface area contributed by atoms with Crippen molar-refractivity contribution in [2.24, 2.45) is 10.2 Å². The van der Waals surface area contributed by atoms with Crippen LogP contribution in [0, 0.1) is 0 Å². The molecule has 6 nitrogen and oxygen atoms in total. The molecule has 0 atom stereocenters. The molecule has 0 aliphatic carbocycles. The summed E-state index contributed by atoms with van der Waals surface area (Å²) in [6.07, 6.45) is 0.215. The molecule has 1 aliphatic rings. The van der Waals surface area contributed by atoms with Gasteiger partial charge < -0.3 is 10.1 Å². The minimum atomic E-state index is -0.524. The van der Waals surface area contributed by atoms with E-state index in [0.717, 1.165) is 0 Å². The lowest BCUT2D eigenvalue weighted by atomic mass is 10.2. The predicted molar refractivity (Wildman–Crippen MR) is 45.3 cm³/mol. The van der Waals surface area contributed by atoms with Gasteiger partial charge in [-0.05, 0) is 0 Å². The minimum Gasteiger partial charge on any atom is -0.464 e. The summed E-state index contributed by atoms with van der Waals surface area (Å²) >= 11 is 0. The Morgan fingerprint density at radius 3 is 2.69 bits per heavy atom. The van der Waals surface area contributed by atoms with Crippen molar-refractivity contribution in [1.82, 2.24) is 5.32 Å². The normalized spacial score (nSPS) is 14.6. The van der Waals surface area contributed by atoms with Crippen molar-refractivity contribution in [1.29, 1.82) is 0 Å². The van der Waals surface area contributed by atoms with E-state index in [2.05, 4.69) is 20.3 Å². The minimum absolute atomic E-state index is 0.200. The molecule has 1 heterocycles. The van der Waals surface area contributed by atoms with Crippen LogP contribution in [-0.2, 0) is 14.3 Å². The van der Waals surface area contributed by atoms with Gasteiger partial charge in [0.2, 0.25) is 5.91 Å². The van der Waals surface area contributed by atoms with Crippen molar-refractivity contribution >= 4 is 23.4 Å². The summed E-state index contributed by atoms with van der Waals surface area (Å²) in [7, 11) is 1.27. The Kier molecular flexibility index (Phi) is 2.73. The van der Waals surface area contributed by atoms with Gasteiger partial charge >= 0.3 is 5.97 Å². The highest BCUT2D eigenvalue weighted by molar-refractivity contribution is 6.41. The highest BCUT2D eigenvalue weighted by atomic mass is 16.5. The second-order valence-corrected chi connectivity index (χ2v) is 2.44. The summed E-state index contributed by atoms with van der Waals surface area (Å²) in [5.41, 5.74) is 0.200. The van der Waals surface area contributed by atoms with Crippen LogP contribution in [0.2, 0.25) is 0 Å². The van der Waals surface area contributed by atoms with Crippen molar-refractivity contribution in [3.63, 3.8) is 0 Å². The zero-order valence-corrected chi connectivity index (χ0v) is 7.33. The maximum atomic E-state index is 10.9. The molecule has 0 aromatic carbocycles. The summed E-state index contributed by atoms with van der Waals surface area (Å²) in [6.45, 7) is 1.36. The number of carbonyl (C=O) groups is 2. The Morgan fingerprint density at radius 1 is 1.46 bits per heavy atom. The van der Waals surface area contributed by atoms with E-state index in [1.807, 2.05) is 0 Å². The summed E-state index contributed by atoms with van der Waals surface area (Å²) in [6, 6.07) is 0. The van der Waals surface area contributed by atoms with Crippen LogP contribution in [0.4, 0.5) is 0 Å². The third kappa shape index (κ3) is 2.36. The van der Waals surface area contributed by atoms with E-state index in [4.69, 9.17) is 0 Å². The first-order valence-electron chi connectivity index (χ1n) is 3.62. The lowest BCUT2D eigenvalue weighted by Gasteiger charge is -1.99. The standard InChI is InChI=1S/C7H9N3O3/c1-4(11)8-6-3-5(9-10-6)7(12)13-2/h3H2,1-2H3,(H,8,10,11). The molecule has 1 aliphatic heterocycles. The van der Waals surface area contributed by atoms with E-state index in [0.29, 0.717) is 5.84 Å². The Hall–Kier alpha value is -1.72. The fourth-order valence-corrected chi connectivity index (χ4v) is 0.853. The highest BCUT2D eigenvalue weighted by Crippen LogP contribution is 2.01. The van der Waals surface area contributed by atoms with Crippen LogP contribution >= 0.6 is 0 Å². The fraction of sp³-hybridized carbons (Fsp3) is 0.429. The Morgan fingerprint density at radius 2 is 2.15 bits per heavy atom. The second-order valence-electron chi connectivity index (χ2n) is 2.44. The summed E-state index contributed by atoms with van der Waals surface area (Å²) < 4.78 is 4.43. The van der Waals surface area contributed by atoms with Gasteiger partial charge in [0, 0.05) is 6.92 Å². The third-order valence-corrected chi connectivity index (χ3v) is 1.37. The monoisotopic (exact) mass is 183 g/mol. The van der Waals surface area contributed by atoms with Crippen molar-refractivity contribution < 1.29 is 14.3 Å². The van der Waals surface area contributed by atoms with Gasteiger partial charge in [-0.3, -0.25) is 4.79 Å². The third-order valence-electron chi connectivity index (χ3n) is 1.37. The number of carbonyl (C=O) groups excluding carboxylic acids is 2. The molecule has 6 heteroatoms. The van der Waals surface area contributed by atoms with E-state index in [1.54, 1.807) is 0 Å². The fourth-order valence-electron chi connectivity index (χ4n) is 0.853. The van der Waals surface area contributed by atoms with Crippen LogP contribution in [0.15, 0.2) is 10.2 Å². The quantitative estimate of drug-likeness (QED) is 0.554. The number of methoxy groups -OCH3 is 1. The largest absolute Gasteiger partial charge is 0.464 e. The molecule has 0 saturated heterocycles. The molecule has 70 valence electrons. The number of hydrogen-bond acceptors (Lipinski definition) is 5. The van der Waals surface area contributed by atoms with Crippen LogP contribution < -0.4 is 5.32 Å². The first-order valence-corrected chi connectivity index (χ1v) is 3.62. The van der Waals surface area contributed by atoms with Crippen LogP contribution in [0.5, 0.6) is 0 Å². The van der Waals surface area contributed by atoms with Crippen molar-refractivity contribution in [2.75, 3.05) is 7.11 Å². The first-order chi connectivity index (χ1) is 6.13. The second kappa shape index (κ2) is 3.79. The van der Waals surface area contributed by atoms with Crippen molar-refractivity contribution in [2.45, 2.75) is 13.3 Å². The average Bonchev–Trinajstić information content (AvgIpc) is 2.50. The van der Waals surface area contributed by atoms with Gasteiger partial charge in [-0.2, -0.15) is 0 Å². The molecule has 0 spiro atoms. The van der Waals surface area contributed by atoms with Crippen LogP contribution in [-0.4, -0.2) is 30.5 Å². The average molecular weight is 183 g/mol. The maximum absolute atomic E-state index is 10.9. The topological polar surface area (TPSA) is 80.1 Å². The van der Waals surface area contributed by atoms with Gasteiger partial charge in [-0.15, -0.1) is 10.2 Å². The zero-order chi connectivity index (χ0) is 9.84. The number of nitrogens with zero attached hydrogens (tertiary/aromatic N) is 2. The van der Waals surface area contributed by atoms with E-state index in [1.165, 1.54) is 14.0 Å². The Bertz CT molecular complexity index is 306. The molecule has 0 unspecified atom stereocenters. The molecular weight excluding hydrogens is 174 g/mol. The number of amidine groups is 1. The van der Waals surface area contributed by atoms with E-state index in [9.17, 15) is 9.59 Å². The molecule has 0 saturated carbocycles. The number of ether oxygens (including phenoxy) is 1. The van der Waals surface area contributed by atoms with E-state index >= 15 is 0 Å². The molecule has 1 N–H and O–H groups in total. The molecule has 0 bridgehead atoms. The SMILES string of the molecule is COC(=O)C1=NN=C(NC(C)=O)C1. The molecule has 1 amide bonds. The Labute approximate surface area is 74.7 Å². The maximum Gasteiger partial charge on any atom is 0.354 e. The number of nitrogens with one attached hydrogen (secondary N) is 1. The van der Waals surface area contributed by atoms with Gasteiger partial charge in [-0.25, -0.2) is 4.79 Å². The van der Waals surface area contributed by atoms with Crippen LogP contribution in [0.25, 0.3) is 0 Å². The zero-order valence-electron chi connectivity index (χ0n) is 7.33. The highest BCUT2D eigenvalue weighted by Gasteiger charge is 2.20. The molecule has 0 fully saturated rings. The van der Waals surface area contributed by atoms with Gasteiger partial charge in [0.15, 0.2) is 5.71 Å². The van der Waals surface area contributed by atoms with Gasteiger partial charge in [0.25, 0.3) is 0 Å². The molecule has 1 rings (SSSR count). The summed E-state index contributed by atoms with van der Waals surface area (Å²) in [5.74, 6) is -0.392. The van der Waals surface area contributed by atoms with Crippen molar-refractivity contribution in [3.05, 3.63) is 0 Å². The predicted octanol–water partition coefficient (Wildman–Crippen LogP) is -0.546. The van der Waals surface area contributed by atoms with Gasteiger partial charge in [0.1, 0.15) is 5.84 Å². The van der Waals surface area contributed by atoms with Gasteiger partial charge in [-0.1, -0.05) is 0 Å². The number of amides is 1.